The summed E-state index contributed by atoms with van der Waals surface area (Å²) in [6.45, 7) is 4.70. The van der Waals surface area contributed by atoms with Gasteiger partial charge in [0.05, 0.1) is 0 Å². The molecule has 0 bridgehead atoms. The lowest BCUT2D eigenvalue weighted by Gasteiger charge is -2.13. The Labute approximate surface area is 102 Å². The second kappa shape index (κ2) is 6.92. The SMILES string of the molecule is CSCCC(C)NCc1ccc(C)c(F)c1. The van der Waals surface area contributed by atoms with E-state index in [4.69, 9.17) is 0 Å². The first-order valence-corrected chi connectivity index (χ1v) is 7.00. The third kappa shape index (κ3) is 4.54. The van der Waals surface area contributed by atoms with Crippen LogP contribution in [0.15, 0.2) is 18.2 Å². The maximum absolute atomic E-state index is 13.3. The summed E-state index contributed by atoms with van der Waals surface area (Å²) in [4.78, 5) is 0. The van der Waals surface area contributed by atoms with Crippen LogP contribution < -0.4 is 5.32 Å². The molecule has 0 heterocycles. The first-order chi connectivity index (χ1) is 7.63. The zero-order valence-corrected chi connectivity index (χ0v) is 11.0. The van der Waals surface area contributed by atoms with E-state index >= 15 is 0 Å². The second-order valence-corrected chi connectivity index (χ2v) is 5.13. The number of hydrogen-bond acceptors (Lipinski definition) is 2. The lowest BCUT2D eigenvalue weighted by atomic mass is 10.1. The summed E-state index contributed by atoms with van der Waals surface area (Å²) >= 11 is 1.86. The Balaban J connectivity index is 2.39. The van der Waals surface area contributed by atoms with Crippen molar-refractivity contribution in [1.82, 2.24) is 5.32 Å². The summed E-state index contributed by atoms with van der Waals surface area (Å²) in [6, 6.07) is 5.91. The number of aryl methyl sites for hydroxylation is 1. The highest BCUT2D eigenvalue weighted by Crippen LogP contribution is 2.09. The van der Waals surface area contributed by atoms with Crippen LogP contribution in [0.3, 0.4) is 0 Å². The number of benzene rings is 1. The van der Waals surface area contributed by atoms with Crippen molar-refractivity contribution in [3.63, 3.8) is 0 Å². The van der Waals surface area contributed by atoms with Gasteiger partial charge in [0.15, 0.2) is 0 Å². The monoisotopic (exact) mass is 241 g/mol. The minimum atomic E-state index is -0.115. The van der Waals surface area contributed by atoms with Gasteiger partial charge in [-0.1, -0.05) is 12.1 Å². The summed E-state index contributed by atoms with van der Waals surface area (Å²) < 4.78 is 13.3. The Hall–Kier alpha value is -0.540. The largest absolute Gasteiger partial charge is 0.310 e. The van der Waals surface area contributed by atoms with Crippen molar-refractivity contribution in [2.45, 2.75) is 32.9 Å². The van der Waals surface area contributed by atoms with Crippen molar-refractivity contribution >= 4 is 11.8 Å². The average molecular weight is 241 g/mol. The average Bonchev–Trinajstić information content (AvgIpc) is 2.28. The fraction of sp³-hybridized carbons (Fsp3) is 0.538. The molecule has 0 radical (unpaired) electrons. The van der Waals surface area contributed by atoms with Crippen LogP contribution in [0.25, 0.3) is 0 Å². The van der Waals surface area contributed by atoms with Gasteiger partial charge in [-0.05, 0) is 49.5 Å². The summed E-state index contributed by atoms with van der Waals surface area (Å²) in [6.07, 6.45) is 3.26. The van der Waals surface area contributed by atoms with Crippen molar-refractivity contribution in [2.24, 2.45) is 0 Å². The lowest BCUT2D eigenvalue weighted by molar-refractivity contribution is 0.534. The molecule has 0 saturated heterocycles. The van der Waals surface area contributed by atoms with E-state index in [0.717, 1.165) is 24.3 Å². The fourth-order valence-corrected chi connectivity index (χ4v) is 2.02. The molecule has 1 aromatic rings. The van der Waals surface area contributed by atoms with Crippen LogP contribution in [0, 0.1) is 12.7 Å². The molecule has 0 aromatic heterocycles. The standard InChI is InChI=1S/C13H20FNS/c1-10-4-5-12(8-13(10)14)9-15-11(2)6-7-16-3/h4-5,8,11,15H,6-7,9H2,1-3H3. The highest BCUT2D eigenvalue weighted by atomic mass is 32.2. The van der Waals surface area contributed by atoms with Gasteiger partial charge in [-0.15, -0.1) is 0 Å². The molecule has 1 unspecified atom stereocenters. The van der Waals surface area contributed by atoms with Crippen molar-refractivity contribution in [1.29, 1.82) is 0 Å². The Bertz CT molecular complexity index is 328. The Morgan fingerprint density at radius 2 is 2.19 bits per heavy atom. The van der Waals surface area contributed by atoms with Crippen LogP contribution in [0.5, 0.6) is 0 Å². The van der Waals surface area contributed by atoms with Crippen molar-refractivity contribution in [3.8, 4) is 0 Å². The number of halogens is 1. The quantitative estimate of drug-likeness (QED) is 0.819. The molecule has 0 spiro atoms. The predicted octanol–water partition coefficient (Wildman–Crippen LogP) is 3.37. The molecule has 1 rings (SSSR count). The Morgan fingerprint density at radius 1 is 1.44 bits per heavy atom. The zero-order chi connectivity index (χ0) is 12.0. The normalized spacial score (nSPS) is 12.8. The topological polar surface area (TPSA) is 12.0 Å². The van der Waals surface area contributed by atoms with Crippen LogP contribution in [0.2, 0.25) is 0 Å². The Kier molecular flexibility index (Phi) is 5.85. The smallest absolute Gasteiger partial charge is 0.126 e. The number of thioether (sulfide) groups is 1. The molecule has 1 N–H and O–H groups in total. The second-order valence-electron chi connectivity index (χ2n) is 4.15. The van der Waals surface area contributed by atoms with E-state index in [1.165, 1.54) is 0 Å². The van der Waals surface area contributed by atoms with Gasteiger partial charge in [-0.25, -0.2) is 4.39 Å². The van der Waals surface area contributed by atoms with E-state index < -0.39 is 0 Å². The van der Waals surface area contributed by atoms with Gasteiger partial charge >= 0.3 is 0 Å². The zero-order valence-electron chi connectivity index (χ0n) is 10.2. The number of nitrogens with one attached hydrogen (secondary N) is 1. The van der Waals surface area contributed by atoms with Gasteiger partial charge in [0.1, 0.15) is 5.82 Å². The lowest BCUT2D eigenvalue weighted by Crippen LogP contribution is -2.26. The highest BCUT2D eigenvalue weighted by Gasteiger charge is 2.02. The highest BCUT2D eigenvalue weighted by molar-refractivity contribution is 7.98. The van der Waals surface area contributed by atoms with E-state index in [-0.39, 0.29) is 5.82 Å². The van der Waals surface area contributed by atoms with Gasteiger partial charge in [0.25, 0.3) is 0 Å². The third-order valence-corrected chi connectivity index (χ3v) is 3.29. The summed E-state index contributed by atoms with van der Waals surface area (Å²) in [5.74, 6) is 1.05. The molecule has 0 fully saturated rings. The molecule has 0 aliphatic carbocycles. The van der Waals surface area contributed by atoms with E-state index in [1.807, 2.05) is 23.9 Å². The van der Waals surface area contributed by atoms with E-state index in [0.29, 0.717) is 11.6 Å². The molecule has 0 saturated carbocycles. The fourth-order valence-electron chi connectivity index (χ4n) is 1.44. The summed E-state index contributed by atoms with van der Waals surface area (Å²) in [5.41, 5.74) is 1.72. The maximum Gasteiger partial charge on any atom is 0.126 e. The van der Waals surface area contributed by atoms with Gasteiger partial charge in [-0.3, -0.25) is 0 Å². The molecular weight excluding hydrogens is 221 g/mol. The molecule has 1 nitrogen and oxygen atoms in total. The van der Waals surface area contributed by atoms with Crippen LogP contribution in [-0.2, 0) is 6.54 Å². The molecule has 0 aliphatic rings. The van der Waals surface area contributed by atoms with Gasteiger partial charge in [0.2, 0.25) is 0 Å². The van der Waals surface area contributed by atoms with Crippen molar-refractivity contribution < 1.29 is 4.39 Å². The molecule has 3 heteroatoms. The van der Waals surface area contributed by atoms with E-state index in [9.17, 15) is 4.39 Å². The van der Waals surface area contributed by atoms with Crippen LogP contribution in [-0.4, -0.2) is 18.1 Å². The summed E-state index contributed by atoms with van der Waals surface area (Å²) in [5, 5.41) is 3.40. The van der Waals surface area contributed by atoms with Gasteiger partial charge in [-0.2, -0.15) is 11.8 Å². The van der Waals surface area contributed by atoms with Crippen molar-refractivity contribution in [3.05, 3.63) is 35.1 Å². The molecule has 1 aromatic carbocycles. The van der Waals surface area contributed by atoms with Crippen LogP contribution >= 0.6 is 11.8 Å². The molecule has 0 aliphatic heterocycles. The summed E-state index contributed by atoms with van der Waals surface area (Å²) in [7, 11) is 0. The van der Waals surface area contributed by atoms with Gasteiger partial charge in [0, 0.05) is 12.6 Å². The first kappa shape index (κ1) is 13.5. The molecule has 16 heavy (non-hydrogen) atoms. The van der Waals surface area contributed by atoms with E-state index in [2.05, 4.69) is 18.5 Å². The third-order valence-electron chi connectivity index (χ3n) is 2.65. The van der Waals surface area contributed by atoms with Crippen LogP contribution in [0.1, 0.15) is 24.5 Å². The van der Waals surface area contributed by atoms with E-state index in [1.54, 1.807) is 13.0 Å². The Morgan fingerprint density at radius 3 is 2.81 bits per heavy atom. The molecular formula is C13H20FNS. The first-order valence-electron chi connectivity index (χ1n) is 5.61. The number of hydrogen-bond donors (Lipinski definition) is 1. The van der Waals surface area contributed by atoms with Gasteiger partial charge < -0.3 is 5.32 Å². The van der Waals surface area contributed by atoms with Crippen LogP contribution in [0.4, 0.5) is 4.39 Å². The molecule has 0 amide bonds. The number of rotatable bonds is 6. The minimum absolute atomic E-state index is 0.115. The molecule has 90 valence electrons. The molecule has 1 atom stereocenters. The van der Waals surface area contributed by atoms with Crippen molar-refractivity contribution in [2.75, 3.05) is 12.0 Å². The minimum Gasteiger partial charge on any atom is -0.310 e. The predicted molar refractivity (Wildman–Crippen MR) is 70.4 cm³/mol. The maximum atomic E-state index is 13.3.